The first-order chi connectivity index (χ1) is 2.00. The Labute approximate surface area is 60.9 Å². The number of hydrogen-bond acceptors (Lipinski definition) is 3. The Balaban J connectivity index is 0. The van der Waals surface area contributed by atoms with Gasteiger partial charge in [-0.15, -0.1) is 0 Å². The Kier molecular flexibility index (Phi) is 5.11. The summed E-state index contributed by atoms with van der Waals surface area (Å²) in [6.07, 6.45) is 0. The normalized spacial score (nSPS) is 10.0. The van der Waals surface area contributed by atoms with Gasteiger partial charge < -0.3 is 15.3 Å². The van der Waals surface area contributed by atoms with E-state index in [0.717, 1.165) is 6.92 Å². The van der Waals surface area contributed by atoms with Crippen LogP contribution in [0.2, 0.25) is 0 Å². The van der Waals surface area contributed by atoms with E-state index >= 15 is 0 Å². The summed E-state index contributed by atoms with van der Waals surface area (Å²) in [6.45, 7) is 0.854. The zero-order chi connectivity index (χ0) is 4.50. The van der Waals surface area contributed by atoms with E-state index in [-0.39, 0.29) is 32.7 Å². The molecule has 0 unspecified atom stereocenters. The molecule has 1 radical (unpaired) electrons. The minimum absolute atomic E-state index is 0. The van der Waals surface area contributed by atoms with E-state index in [9.17, 15) is 0 Å². The molecule has 6 heavy (non-hydrogen) atoms. The van der Waals surface area contributed by atoms with Gasteiger partial charge in [0.1, 0.15) is 0 Å². The van der Waals surface area contributed by atoms with E-state index in [1.165, 1.54) is 0 Å². The summed E-state index contributed by atoms with van der Waals surface area (Å²) in [5.41, 5.74) is 0. The van der Waals surface area contributed by atoms with Crippen LogP contribution in [0.4, 0.5) is 0 Å². The molecule has 0 spiro atoms. The van der Waals surface area contributed by atoms with Crippen molar-refractivity contribution in [2.75, 3.05) is 0 Å². The van der Waals surface area contributed by atoms with Crippen LogP contribution in [0.25, 0.3) is 0 Å². The van der Waals surface area contributed by atoms with Crippen LogP contribution in [-0.2, 0) is 32.7 Å². The smallest absolute Gasteiger partial charge is 0.272 e. The first-order valence-electron chi connectivity index (χ1n) is 1.17. The van der Waals surface area contributed by atoms with Crippen LogP contribution in [0, 0.1) is 0 Å². The monoisotopic (exact) mass is 167 g/mol. The van der Waals surface area contributed by atoms with Crippen molar-refractivity contribution < 1.29 is 48.0 Å². The Morgan fingerprint density at radius 1 is 1.17 bits per heavy atom. The molecule has 0 saturated carbocycles. The van der Waals surface area contributed by atoms with Gasteiger partial charge in [0.15, 0.2) is 0 Å². The molecule has 0 atom stereocenters. The van der Waals surface area contributed by atoms with Gasteiger partial charge in [-0.25, -0.2) is 0 Å². The average Bonchev–Trinajstić information content (AvgIpc) is 0.722. The van der Waals surface area contributed by atoms with E-state index in [2.05, 4.69) is 0 Å². The van der Waals surface area contributed by atoms with Gasteiger partial charge in [-0.05, 0) is 0 Å². The minimum Gasteiger partial charge on any atom is -0.344 e. The molecule has 0 aliphatic rings. The van der Waals surface area contributed by atoms with Crippen molar-refractivity contribution in [3.8, 4) is 0 Å². The molecule has 0 aliphatic heterocycles. The summed E-state index contributed by atoms with van der Waals surface area (Å²) in [5.74, 6) is -2.50. The second-order valence-electron chi connectivity index (χ2n) is 0.971. The molecule has 4 heteroatoms. The summed E-state index contributed by atoms with van der Waals surface area (Å²) in [4.78, 5) is 0. The first-order valence-corrected chi connectivity index (χ1v) is 1.17. The third-order valence-electron chi connectivity index (χ3n) is 0. The molecule has 0 saturated heterocycles. The first kappa shape index (κ1) is 10.1. The molecule has 0 aromatic rings. The van der Waals surface area contributed by atoms with Crippen LogP contribution >= 0.6 is 0 Å². The predicted molar refractivity (Wildman–Crippen MR) is 15.1 cm³/mol. The molecule has 35 valence electrons. The second-order valence-corrected chi connectivity index (χ2v) is 0.971. The molecule has 0 aromatic heterocycles. The van der Waals surface area contributed by atoms with Gasteiger partial charge in [-0.3, -0.25) is 0 Å². The van der Waals surface area contributed by atoms with Crippen molar-refractivity contribution >= 4 is 0 Å². The number of hydrogen-bond donors (Lipinski definition) is 3. The largest absolute Gasteiger partial charge is 0.344 e. The Hall–Kier alpha value is 0.984. The van der Waals surface area contributed by atoms with Crippen molar-refractivity contribution in [1.82, 2.24) is 0 Å². The summed E-state index contributed by atoms with van der Waals surface area (Å²) in [6, 6.07) is 0. The summed E-state index contributed by atoms with van der Waals surface area (Å²) in [7, 11) is 0. The molecule has 3 N–H and O–H groups in total. The van der Waals surface area contributed by atoms with Gasteiger partial charge in [0, 0.05) is 39.6 Å². The van der Waals surface area contributed by atoms with Crippen molar-refractivity contribution in [2.24, 2.45) is 0 Å². The van der Waals surface area contributed by atoms with Crippen LogP contribution in [-0.4, -0.2) is 21.3 Å². The van der Waals surface area contributed by atoms with Crippen molar-refractivity contribution in [2.45, 2.75) is 12.9 Å². The summed E-state index contributed by atoms with van der Waals surface area (Å²) < 4.78 is 0. The average molecular weight is 167 g/mol. The van der Waals surface area contributed by atoms with Gasteiger partial charge in [-0.1, -0.05) is 0 Å². The zero-order valence-electron chi connectivity index (χ0n) is 3.42. The van der Waals surface area contributed by atoms with Gasteiger partial charge in [0.25, 0.3) is 5.97 Å². The number of rotatable bonds is 0. The molecule has 0 bridgehead atoms. The number of aliphatic hydroxyl groups is 3. The second kappa shape index (κ2) is 3.05. The van der Waals surface area contributed by atoms with E-state index in [4.69, 9.17) is 15.3 Å². The van der Waals surface area contributed by atoms with Crippen LogP contribution in [0.5, 0.6) is 0 Å². The Morgan fingerprint density at radius 3 is 1.17 bits per heavy atom. The van der Waals surface area contributed by atoms with Crippen molar-refractivity contribution in [1.29, 1.82) is 0 Å². The van der Waals surface area contributed by atoms with Gasteiger partial charge >= 0.3 is 0 Å². The third kappa shape index (κ3) is 81.7. The molecular formula is C2H6O3Y. The van der Waals surface area contributed by atoms with E-state index in [1.807, 2.05) is 0 Å². The van der Waals surface area contributed by atoms with Crippen LogP contribution < -0.4 is 0 Å². The Bertz CT molecular complexity index is 24.3. The zero-order valence-corrected chi connectivity index (χ0v) is 6.26. The molecule has 0 rings (SSSR count). The fourth-order valence-electron chi connectivity index (χ4n) is 0. The predicted octanol–water partition coefficient (Wildman–Crippen LogP) is -1.37. The maximum atomic E-state index is 7.63. The quantitative estimate of drug-likeness (QED) is 0.390. The summed E-state index contributed by atoms with van der Waals surface area (Å²) >= 11 is 0. The third-order valence-corrected chi connectivity index (χ3v) is 0. The van der Waals surface area contributed by atoms with Crippen molar-refractivity contribution in [3.05, 3.63) is 0 Å². The van der Waals surface area contributed by atoms with Crippen molar-refractivity contribution in [3.63, 3.8) is 0 Å². The minimum atomic E-state index is -2.50. The maximum absolute atomic E-state index is 7.63. The maximum Gasteiger partial charge on any atom is 0.272 e. The fraction of sp³-hybridized carbons (Fsp3) is 1.00. The van der Waals surface area contributed by atoms with E-state index in [0.29, 0.717) is 0 Å². The SMILES string of the molecule is CC(O)(O)O.[Y]. The summed E-state index contributed by atoms with van der Waals surface area (Å²) in [5, 5.41) is 22.9. The fourth-order valence-corrected chi connectivity index (χ4v) is 0. The van der Waals surface area contributed by atoms with Gasteiger partial charge in [0.2, 0.25) is 0 Å². The van der Waals surface area contributed by atoms with Crippen LogP contribution in [0.1, 0.15) is 6.92 Å². The molecular weight excluding hydrogens is 161 g/mol. The van der Waals surface area contributed by atoms with E-state index in [1.54, 1.807) is 0 Å². The van der Waals surface area contributed by atoms with E-state index < -0.39 is 5.97 Å². The molecule has 0 aliphatic carbocycles. The molecule has 3 nitrogen and oxygen atoms in total. The van der Waals surface area contributed by atoms with Crippen LogP contribution in [0.15, 0.2) is 0 Å². The molecule has 0 fully saturated rings. The Morgan fingerprint density at radius 2 is 1.17 bits per heavy atom. The molecule has 0 aromatic carbocycles. The van der Waals surface area contributed by atoms with Gasteiger partial charge in [0.05, 0.1) is 0 Å². The standard InChI is InChI=1S/C2H6O3.Y/c1-2(3,4)5;/h3-5H,1H3;. The van der Waals surface area contributed by atoms with Crippen LogP contribution in [0.3, 0.4) is 0 Å². The molecule has 0 amide bonds. The topological polar surface area (TPSA) is 60.7 Å². The molecule has 0 heterocycles. The van der Waals surface area contributed by atoms with Gasteiger partial charge in [-0.2, -0.15) is 0 Å².